The molecule has 1 aliphatic rings. The minimum atomic E-state index is -0.356. The van der Waals surface area contributed by atoms with E-state index in [2.05, 4.69) is 15.6 Å². The van der Waals surface area contributed by atoms with Crippen molar-refractivity contribution in [2.75, 3.05) is 12.1 Å². The number of rotatable bonds is 6. The number of halogens is 1. The predicted octanol–water partition coefficient (Wildman–Crippen LogP) is 3.49. The van der Waals surface area contributed by atoms with Gasteiger partial charge in [-0.1, -0.05) is 24.3 Å². The van der Waals surface area contributed by atoms with Gasteiger partial charge >= 0.3 is 0 Å². The van der Waals surface area contributed by atoms with Crippen LogP contribution in [0.2, 0.25) is 0 Å². The van der Waals surface area contributed by atoms with Crippen LogP contribution in [0.4, 0.5) is 10.1 Å². The number of anilines is 1. The fourth-order valence-corrected chi connectivity index (χ4v) is 2.80. The molecule has 1 aliphatic heterocycles. The summed E-state index contributed by atoms with van der Waals surface area (Å²) in [6, 6.07) is 15.5. The lowest BCUT2D eigenvalue weighted by molar-refractivity contribution is 0.0945. The molecule has 4 rings (SSSR count). The summed E-state index contributed by atoms with van der Waals surface area (Å²) in [6.07, 6.45) is 1.59. The summed E-state index contributed by atoms with van der Waals surface area (Å²) in [5.41, 5.74) is 2.52. The Morgan fingerprint density at radius 1 is 1.04 bits per heavy atom. The fourth-order valence-electron chi connectivity index (χ4n) is 2.80. The number of carbonyl (C=O) groups excluding carboxylic acids is 1. The van der Waals surface area contributed by atoms with E-state index in [0.29, 0.717) is 12.1 Å². The van der Waals surface area contributed by atoms with Crippen molar-refractivity contribution in [3.05, 3.63) is 83.4 Å². The first-order valence-corrected chi connectivity index (χ1v) is 8.79. The van der Waals surface area contributed by atoms with E-state index in [1.54, 1.807) is 36.5 Å². The highest BCUT2D eigenvalue weighted by Crippen LogP contribution is 2.32. The second-order valence-electron chi connectivity index (χ2n) is 6.25. The second kappa shape index (κ2) is 7.96. The zero-order valence-corrected chi connectivity index (χ0v) is 14.9. The highest BCUT2D eigenvalue weighted by molar-refractivity contribution is 5.92. The molecule has 142 valence electrons. The van der Waals surface area contributed by atoms with Crippen molar-refractivity contribution in [2.24, 2.45) is 0 Å². The topological polar surface area (TPSA) is 72.5 Å². The Bertz CT molecular complexity index is 992. The third kappa shape index (κ3) is 4.03. The molecule has 0 unspecified atom stereocenters. The van der Waals surface area contributed by atoms with Crippen LogP contribution in [0, 0.1) is 5.82 Å². The first-order chi connectivity index (χ1) is 13.7. The van der Waals surface area contributed by atoms with Gasteiger partial charge in [-0.15, -0.1) is 0 Å². The fraction of sp³-hybridized carbons (Fsp3) is 0.143. The van der Waals surface area contributed by atoms with E-state index >= 15 is 0 Å². The summed E-state index contributed by atoms with van der Waals surface area (Å²) in [5, 5.41) is 5.91. The van der Waals surface area contributed by atoms with Crippen LogP contribution >= 0.6 is 0 Å². The molecule has 0 aliphatic carbocycles. The molecule has 2 N–H and O–H groups in total. The van der Waals surface area contributed by atoms with Crippen LogP contribution in [-0.2, 0) is 13.1 Å². The van der Waals surface area contributed by atoms with Gasteiger partial charge in [0.05, 0.1) is 11.9 Å². The highest BCUT2D eigenvalue weighted by Gasteiger charge is 2.13. The third-order valence-corrected chi connectivity index (χ3v) is 4.33. The average molecular weight is 379 g/mol. The van der Waals surface area contributed by atoms with E-state index in [0.717, 1.165) is 22.7 Å². The number of nitrogens with one attached hydrogen (secondary N) is 2. The maximum Gasteiger partial charge on any atom is 0.270 e. The van der Waals surface area contributed by atoms with Gasteiger partial charge in [0.1, 0.15) is 11.5 Å². The molecular weight excluding hydrogens is 361 g/mol. The molecule has 0 spiro atoms. The summed E-state index contributed by atoms with van der Waals surface area (Å²) >= 11 is 0. The lowest BCUT2D eigenvalue weighted by Gasteiger charge is -2.09. The quantitative estimate of drug-likeness (QED) is 0.686. The summed E-state index contributed by atoms with van der Waals surface area (Å²) < 4.78 is 24.3. The number of carbonyl (C=O) groups is 1. The molecule has 0 radical (unpaired) electrons. The smallest absolute Gasteiger partial charge is 0.270 e. The Hall–Kier alpha value is -3.61. The van der Waals surface area contributed by atoms with Crippen molar-refractivity contribution in [3.63, 3.8) is 0 Å². The Kier molecular flexibility index (Phi) is 5.05. The van der Waals surface area contributed by atoms with Crippen molar-refractivity contribution in [1.82, 2.24) is 10.3 Å². The van der Waals surface area contributed by atoms with Gasteiger partial charge in [-0.05, 0) is 35.9 Å². The normalized spacial score (nSPS) is 11.9. The maximum atomic E-state index is 13.6. The van der Waals surface area contributed by atoms with E-state index in [9.17, 15) is 9.18 Å². The van der Waals surface area contributed by atoms with Crippen LogP contribution in [0.1, 0.15) is 21.6 Å². The van der Waals surface area contributed by atoms with Crippen LogP contribution in [0.15, 0.2) is 60.8 Å². The zero-order valence-electron chi connectivity index (χ0n) is 14.9. The van der Waals surface area contributed by atoms with E-state index in [1.807, 2.05) is 18.2 Å². The highest BCUT2D eigenvalue weighted by atomic mass is 19.1. The van der Waals surface area contributed by atoms with Crippen LogP contribution in [0.25, 0.3) is 0 Å². The molecule has 6 nitrogen and oxygen atoms in total. The van der Waals surface area contributed by atoms with Gasteiger partial charge in [-0.3, -0.25) is 4.79 Å². The number of fused-ring (bicyclic) bond motifs is 1. The monoisotopic (exact) mass is 379 g/mol. The molecule has 7 heteroatoms. The Morgan fingerprint density at radius 3 is 2.71 bits per heavy atom. The number of pyridine rings is 1. The Labute approximate surface area is 161 Å². The van der Waals surface area contributed by atoms with Crippen LogP contribution in [0.5, 0.6) is 11.5 Å². The standard InChI is InChI=1S/C21H18FN3O3/c22-17-4-2-1-3-15(17)11-25-21(26)18-7-6-16(12-24-18)23-10-14-5-8-19-20(9-14)28-13-27-19/h1-9,12,23H,10-11,13H2,(H,25,26). The van der Waals surface area contributed by atoms with Crippen molar-refractivity contribution in [2.45, 2.75) is 13.1 Å². The summed E-state index contributed by atoms with van der Waals surface area (Å²) in [6.45, 7) is 0.936. The Morgan fingerprint density at radius 2 is 1.89 bits per heavy atom. The number of amides is 1. The van der Waals surface area contributed by atoms with Gasteiger partial charge < -0.3 is 20.1 Å². The van der Waals surface area contributed by atoms with E-state index in [-0.39, 0.29) is 30.8 Å². The molecule has 28 heavy (non-hydrogen) atoms. The first-order valence-electron chi connectivity index (χ1n) is 8.79. The van der Waals surface area contributed by atoms with E-state index in [4.69, 9.17) is 9.47 Å². The van der Waals surface area contributed by atoms with Crippen molar-refractivity contribution in [1.29, 1.82) is 0 Å². The lowest BCUT2D eigenvalue weighted by Crippen LogP contribution is -2.24. The molecule has 0 atom stereocenters. The number of benzene rings is 2. The summed E-state index contributed by atoms with van der Waals surface area (Å²) in [5.74, 6) is 0.778. The van der Waals surface area contributed by atoms with Crippen LogP contribution < -0.4 is 20.1 Å². The molecule has 0 saturated heterocycles. The molecule has 1 aromatic heterocycles. The van der Waals surface area contributed by atoms with Gasteiger partial charge in [0.15, 0.2) is 11.5 Å². The zero-order chi connectivity index (χ0) is 19.3. The van der Waals surface area contributed by atoms with Gasteiger partial charge in [-0.2, -0.15) is 0 Å². The van der Waals surface area contributed by atoms with Gasteiger partial charge in [0.2, 0.25) is 6.79 Å². The molecule has 3 aromatic rings. The lowest BCUT2D eigenvalue weighted by atomic mass is 10.2. The van der Waals surface area contributed by atoms with Gasteiger partial charge in [-0.25, -0.2) is 9.37 Å². The summed E-state index contributed by atoms with van der Waals surface area (Å²) in [4.78, 5) is 16.4. The van der Waals surface area contributed by atoms with Crippen molar-refractivity contribution >= 4 is 11.6 Å². The van der Waals surface area contributed by atoms with E-state index < -0.39 is 0 Å². The number of nitrogens with zero attached hydrogens (tertiary/aromatic N) is 1. The van der Waals surface area contributed by atoms with E-state index in [1.165, 1.54) is 6.07 Å². The first kappa shape index (κ1) is 17.8. The molecule has 0 fully saturated rings. The third-order valence-electron chi connectivity index (χ3n) is 4.33. The molecular formula is C21H18FN3O3. The van der Waals surface area contributed by atoms with Crippen LogP contribution in [-0.4, -0.2) is 17.7 Å². The predicted molar refractivity (Wildman–Crippen MR) is 102 cm³/mol. The minimum absolute atomic E-state index is 0.108. The van der Waals surface area contributed by atoms with Gasteiger partial charge in [0.25, 0.3) is 5.91 Å². The SMILES string of the molecule is O=C(NCc1ccccc1F)c1ccc(NCc2ccc3c(c2)OCO3)cn1. The molecule has 1 amide bonds. The number of hydrogen-bond donors (Lipinski definition) is 2. The second-order valence-corrected chi connectivity index (χ2v) is 6.25. The minimum Gasteiger partial charge on any atom is -0.454 e. The average Bonchev–Trinajstić information content (AvgIpc) is 3.20. The van der Waals surface area contributed by atoms with Gasteiger partial charge in [0, 0.05) is 18.7 Å². The van der Waals surface area contributed by atoms with Crippen molar-refractivity contribution in [3.8, 4) is 11.5 Å². The summed E-state index contributed by atoms with van der Waals surface area (Å²) in [7, 11) is 0. The maximum absolute atomic E-state index is 13.6. The van der Waals surface area contributed by atoms with Crippen LogP contribution in [0.3, 0.4) is 0 Å². The number of ether oxygens (including phenoxy) is 2. The Balaban J connectivity index is 1.32. The molecule has 0 saturated carbocycles. The number of hydrogen-bond acceptors (Lipinski definition) is 5. The largest absolute Gasteiger partial charge is 0.454 e. The molecule has 2 aromatic carbocycles. The molecule has 2 heterocycles. The molecule has 0 bridgehead atoms. The van der Waals surface area contributed by atoms with Crippen molar-refractivity contribution < 1.29 is 18.7 Å². The number of aromatic nitrogens is 1.